The molecule has 1 saturated heterocycles. The highest BCUT2D eigenvalue weighted by Crippen LogP contribution is 2.32. The van der Waals surface area contributed by atoms with Crippen LogP contribution in [0.15, 0.2) is 0 Å². The average molecular weight is 361 g/mol. The van der Waals surface area contributed by atoms with E-state index in [9.17, 15) is 0 Å². The molecule has 1 aliphatic carbocycles. The number of aryl methyl sites for hydroxylation is 1. The second-order valence-electron chi connectivity index (χ2n) is 7.27. The highest BCUT2D eigenvalue weighted by atomic mass is 16.5. The summed E-state index contributed by atoms with van der Waals surface area (Å²) in [6.07, 6.45) is 6.97. The first-order chi connectivity index (χ1) is 12.7. The summed E-state index contributed by atoms with van der Waals surface area (Å²) in [7, 11) is 1.61. The lowest BCUT2D eigenvalue weighted by Crippen LogP contribution is -2.19. The predicted octanol–water partition coefficient (Wildman–Crippen LogP) is 2.41. The number of nitrogens with two attached hydrogens (primary N) is 1. The molecule has 0 radical (unpaired) electrons. The van der Waals surface area contributed by atoms with Gasteiger partial charge in [-0.25, -0.2) is 0 Å². The van der Waals surface area contributed by atoms with Crippen LogP contribution in [0.4, 0.5) is 5.82 Å². The Balaban J connectivity index is 1.53. The van der Waals surface area contributed by atoms with Gasteiger partial charge >= 0.3 is 6.01 Å². The fourth-order valence-corrected chi connectivity index (χ4v) is 3.47. The zero-order valence-electron chi connectivity index (χ0n) is 15.3. The van der Waals surface area contributed by atoms with Crippen molar-refractivity contribution in [3.63, 3.8) is 0 Å². The highest BCUT2D eigenvalue weighted by molar-refractivity contribution is 5.83. The van der Waals surface area contributed by atoms with E-state index in [4.69, 9.17) is 19.9 Å². The zero-order chi connectivity index (χ0) is 17.9. The molecule has 0 bridgehead atoms. The number of imidazole rings is 1. The smallest absolute Gasteiger partial charge is 0.320 e. The van der Waals surface area contributed by atoms with Crippen molar-refractivity contribution in [3.8, 4) is 12.0 Å². The van der Waals surface area contributed by atoms with Crippen molar-refractivity contribution in [2.24, 2.45) is 11.8 Å². The van der Waals surface area contributed by atoms with Crippen LogP contribution in [0.5, 0.6) is 12.0 Å². The van der Waals surface area contributed by atoms with Crippen molar-refractivity contribution >= 4 is 17.0 Å². The van der Waals surface area contributed by atoms with Crippen LogP contribution in [0, 0.1) is 11.8 Å². The molecule has 1 aliphatic heterocycles. The Bertz CT molecular complexity index is 753. The molecule has 2 aromatic rings. The summed E-state index contributed by atoms with van der Waals surface area (Å²) in [5.74, 6) is 1.69. The number of anilines is 1. The Morgan fingerprint density at radius 1 is 1.15 bits per heavy atom. The molecule has 4 rings (SSSR count). The van der Waals surface area contributed by atoms with Crippen LogP contribution in [0.2, 0.25) is 0 Å². The van der Waals surface area contributed by atoms with Crippen LogP contribution in [0.25, 0.3) is 11.2 Å². The second kappa shape index (κ2) is 7.65. The number of ether oxygens (including phenoxy) is 3. The number of rotatable bonds is 8. The largest absolute Gasteiger partial charge is 0.468 e. The van der Waals surface area contributed by atoms with Crippen LogP contribution < -0.4 is 15.2 Å². The molecule has 0 amide bonds. The maximum absolute atomic E-state index is 6.09. The normalized spacial score (nSPS) is 20.4. The SMILES string of the molecule is COc1nc2c(N)nc(OCCC3CC3)nc2n1CCC1CCCOC1. The first-order valence-corrected chi connectivity index (χ1v) is 9.53. The fraction of sp³-hybridized carbons (Fsp3) is 0.722. The van der Waals surface area contributed by atoms with E-state index in [0.717, 1.165) is 44.9 Å². The number of hydrogen-bond acceptors (Lipinski definition) is 7. The lowest BCUT2D eigenvalue weighted by Gasteiger charge is -2.22. The summed E-state index contributed by atoms with van der Waals surface area (Å²) in [4.78, 5) is 13.3. The molecule has 3 heterocycles. The van der Waals surface area contributed by atoms with Crippen LogP contribution in [0.3, 0.4) is 0 Å². The predicted molar refractivity (Wildman–Crippen MR) is 97.3 cm³/mol. The van der Waals surface area contributed by atoms with Gasteiger partial charge in [0, 0.05) is 19.8 Å². The molecule has 2 aromatic heterocycles. The summed E-state index contributed by atoms with van der Waals surface area (Å²) in [5.41, 5.74) is 7.33. The standard InChI is InChI=1S/C18H27N5O3/c1-24-18-20-14-15(19)21-17(26-10-7-12-4-5-12)22-16(14)23(18)8-6-13-3-2-9-25-11-13/h12-13H,2-11H2,1H3,(H2,19,21,22). The van der Waals surface area contributed by atoms with E-state index in [0.29, 0.717) is 41.5 Å². The fourth-order valence-electron chi connectivity index (χ4n) is 3.47. The molecule has 2 aliphatic rings. The molecule has 0 aromatic carbocycles. The summed E-state index contributed by atoms with van der Waals surface area (Å²) in [6.45, 7) is 3.08. The number of nitrogen functional groups attached to an aromatic ring is 1. The van der Waals surface area contributed by atoms with Gasteiger partial charge in [0.15, 0.2) is 17.0 Å². The second-order valence-corrected chi connectivity index (χ2v) is 7.27. The Labute approximate surface area is 153 Å². The monoisotopic (exact) mass is 361 g/mol. The van der Waals surface area contributed by atoms with Crippen LogP contribution >= 0.6 is 0 Å². The molecular formula is C18H27N5O3. The van der Waals surface area contributed by atoms with Crippen molar-refractivity contribution in [2.75, 3.05) is 32.7 Å². The number of fused-ring (bicyclic) bond motifs is 1. The van der Waals surface area contributed by atoms with Gasteiger partial charge in [-0.1, -0.05) is 12.8 Å². The molecular weight excluding hydrogens is 334 g/mol. The Morgan fingerprint density at radius 3 is 2.77 bits per heavy atom. The summed E-state index contributed by atoms with van der Waals surface area (Å²) < 4.78 is 18.7. The van der Waals surface area contributed by atoms with Gasteiger partial charge in [0.2, 0.25) is 0 Å². The quantitative estimate of drug-likeness (QED) is 0.771. The van der Waals surface area contributed by atoms with Gasteiger partial charge in [-0.15, -0.1) is 0 Å². The molecule has 1 atom stereocenters. The number of aromatic nitrogens is 4. The highest BCUT2D eigenvalue weighted by Gasteiger charge is 2.22. The third-order valence-corrected chi connectivity index (χ3v) is 5.22. The molecule has 142 valence electrons. The van der Waals surface area contributed by atoms with Crippen LogP contribution in [-0.4, -0.2) is 46.4 Å². The molecule has 2 N–H and O–H groups in total. The van der Waals surface area contributed by atoms with Crippen molar-refractivity contribution in [1.29, 1.82) is 0 Å². The average Bonchev–Trinajstić information content (AvgIpc) is 3.41. The summed E-state index contributed by atoms with van der Waals surface area (Å²) in [6, 6.07) is 0.827. The minimum absolute atomic E-state index is 0.320. The van der Waals surface area contributed by atoms with E-state index in [-0.39, 0.29) is 0 Å². The van der Waals surface area contributed by atoms with E-state index in [1.807, 2.05) is 4.57 Å². The van der Waals surface area contributed by atoms with Gasteiger partial charge < -0.3 is 19.9 Å². The van der Waals surface area contributed by atoms with Crippen LogP contribution in [0.1, 0.15) is 38.5 Å². The van der Waals surface area contributed by atoms with Gasteiger partial charge in [0.25, 0.3) is 6.01 Å². The minimum Gasteiger partial charge on any atom is -0.468 e. The van der Waals surface area contributed by atoms with E-state index in [1.165, 1.54) is 19.3 Å². The Hall–Kier alpha value is -2.09. The van der Waals surface area contributed by atoms with Gasteiger partial charge in [-0.05, 0) is 37.5 Å². The third-order valence-electron chi connectivity index (χ3n) is 5.22. The molecule has 2 fully saturated rings. The van der Waals surface area contributed by atoms with E-state index in [2.05, 4.69) is 15.0 Å². The molecule has 1 unspecified atom stereocenters. The van der Waals surface area contributed by atoms with E-state index < -0.39 is 0 Å². The van der Waals surface area contributed by atoms with Crippen molar-refractivity contribution in [1.82, 2.24) is 19.5 Å². The minimum atomic E-state index is 0.320. The molecule has 0 spiro atoms. The van der Waals surface area contributed by atoms with Gasteiger partial charge in [-0.3, -0.25) is 4.57 Å². The van der Waals surface area contributed by atoms with Gasteiger partial charge in [-0.2, -0.15) is 15.0 Å². The molecule has 8 heteroatoms. The Morgan fingerprint density at radius 2 is 2.04 bits per heavy atom. The molecule has 1 saturated carbocycles. The number of methoxy groups -OCH3 is 1. The lowest BCUT2D eigenvalue weighted by molar-refractivity contribution is 0.0499. The maximum atomic E-state index is 6.09. The van der Waals surface area contributed by atoms with Crippen molar-refractivity contribution in [2.45, 2.75) is 45.1 Å². The Kier molecular flexibility index (Phi) is 5.10. The maximum Gasteiger partial charge on any atom is 0.320 e. The summed E-state index contributed by atoms with van der Waals surface area (Å²) >= 11 is 0. The van der Waals surface area contributed by atoms with Crippen LogP contribution in [-0.2, 0) is 11.3 Å². The number of hydrogen-bond donors (Lipinski definition) is 1. The van der Waals surface area contributed by atoms with E-state index >= 15 is 0 Å². The van der Waals surface area contributed by atoms with Crippen molar-refractivity contribution in [3.05, 3.63) is 0 Å². The van der Waals surface area contributed by atoms with E-state index in [1.54, 1.807) is 7.11 Å². The topological polar surface area (TPSA) is 97.3 Å². The first kappa shape index (κ1) is 17.3. The number of nitrogens with zero attached hydrogens (tertiary/aromatic N) is 4. The molecule has 26 heavy (non-hydrogen) atoms. The van der Waals surface area contributed by atoms with Crippen molar-refractivity contribution < 1.29 is 14.2 Å². The van der Waals surface area contributed by atoms with Gasteiger partial charge in [0.05, 0.1) is 13.7 Å². The van der Waals surface area contributed by atoms with Gasteiger partial charge in [0.1, 0.15) is 0 Å². The summed E-state index contributed by atoms with van der Waals surface area (Å²) in [5, 5.41) is 0. The molecule has 8 nitrogen and oxygen atoms in total. The third kappa shape index (κ3) is 3.85. The zero-order valence-corrected chi connectivity index (χ0v) is 15.3. The first-order valence-electron chi connectivity index (χ1n) is 9.53. The lowest BCUT2D eigenvalue weighted by atomic mass is 9.99.